The van der Waals surface area contributed by atoms with Crippen LogP contribution in [0.15, 0.2) is 60.9 Å². The van der Waals surface area contributed by atoms with Gasteiger partial charge in [0.1, 0.15) is 18.2 Å². The molecule has 0 saturated carbocycles. The molecule has 1 amide bonds. The minimum atomic E-state index is -0.354. The number of hydrogen-bond donors (Lipinski definition) is 4. The number of carbonyl (C=O) groups excluding carboxylic acids is 1. The molecule has 1 aromatic heterocycles. The van der Waals surface area contributed by atoms with E-state index in [0.717, 1.165) is 37.2 Å². The van der Waals surface area contributed by atoms with Crippen molar-refractivity contribution in [3.8, 4) is 5.75 Å². The van der Waals surface area contributed by atoms with Crippen LogP contribution in [0.25, 0.3) is 0 Å². The molecule has 1 aliphatic heterocycles. The zero-order valence-corrected chi connectivity index (χ0v) is 18.1. The van der Waals surface area contributed by atoms with Crippen LogP contribution in [0.1, 0.15) is 40.4 Å². The van der Waals surface area contributed by atoms with E-state index < -0.39 is 0 Å². The summed E-state index contributed by atoms with van der Waals surface area (Å²) in [4.78, 5) is 12.8. The molecule has 1 saturated heterocycles. The summed E-state index contributed by atoms with van der Waals surface area (Å²) in [7, 11) is 1.78. The summed E-state index contributed by atoms with van der Waals surface area (Å²) in [6, 6.07) is 15.6. The van der Waals surface area contributed by atoms with Crippen molar-refractivity contribution in [3.05, 3.63) is 77.6 Å². The van der Waals surface area contributed by atoms with Crippen LogP contribution in [0.4, 0.5) is 5.69 Å². The molecule has 2 heterocycles. The first-order valence-corrected chi connectivity index (χ1v) is 10.8. The monoisotopic (exact) mass is 432 g/mol. The largest absolute Gasteiger partial charge is 0.489 e. The lowest BCUT2D eigenvalue weighted by molar-refractivity contribution is 0.0977. The molecule has 0 unspecified atom stereocenters. The number of piperidine rings is 1. The second-order valence-corrected chi connectivity index (χ2v) is 7.75. The Morgan fingerprint density at radius 1 is 1.22 bits per heavy atom. The van der Waals surface area contributed by atoms with Crippen molar-refractivity contribution in [2.45, 2.75) is 25.5 Å². The number of carbonyl (C=O) groups is 1. The highest BCUT2D eigenvalue weighted by Crippen LogP contribution is 2.23. The van der Waals surface area contributed by atoms with Crippen LogP contribution in [0, 0.1) is 5.41 Å². The molecule has 0 radical (unpaired) electrons. The van der Waals surface area contributed by atoms with Crippen molar-refractivity contribution in [2.24, 2.45) is 0 Å². The summed E-state index contributed by atoms with van der Waals surface area (Å²) >= 11 is 0. The molecule has 32 heavy (non-hydrogen) atoms. The van der Waals surface area contributed by atoms with E-state index in [4.69, 9.17) is 10.1 Å². The van der Waals surface area contributed by atoms with E-state index >= 15 is 0 Å². The van der Waals surface area contributed by atoms with Gasteiger partial charge < -0.3 is 20.7 Å². The van der Waals surface area contributed by atoms with E-state index in [2.05, 4.69) is 21.0 Å². The Balaban J connectivity index is 1.43. The molecule has 4 rings (SSSR count). The van der Waals surface area contributed by atoms with Crippen LogP contribution < -0.4 is 20.7 Å². The average Bonchev–Trinajstić information content (AvgIpc) is 3.34. The predicted octanol–water partition coefficient (Wildman–Crippen LogP) is 3.18. The molecule has 166 valence electrons. The van der Waals surface area contributed by atoms with Crippen LogP contribution in [0.5, 0.6) is 5.75 Å². The first kappa shape index (κ1) is 21.6. The molecule has 8 nitrogen and oxygen atoms in total. The number of aromatic nitrogens is 2. The van der Waals surface area contributed by atoms with Crippen LogP contribution in [-0.4, -0.2) is 41.7 Å². The van der Waals surface area contributed by atoms with Crippen LogP contribution >= 0.6 is 0 Å². The Morgan fingerprint density at radius 3 is 2.75 bits per heavy atom. The first-order valence-electron chi connectivity index (χ1n) is 10.8. The fourth-order valence-electron chi connectivity index (χ4n) is 3.76. The van der Waals surface area contributed by atoms with Gasteiger partial charge in [-0.15, -0.1) is 0 Å². The number of nitrogens with one attached hydrogen (secondary N) is 4. The van der Waals surface area contributed by atoms with Crippen molar-refractivity contribution >= 4 is 17.4 Å². The standard InChI is InChI=1S/C24H28N6O2/c1-26-22-8-7-20(32-16-17-5-3-2-4-6-17)13-21(22)23(25)29-24(31)18-14-28-30(15-18)19-9-11-27-12-10-19/h2-8,13-15,19,26-27H,9-12,16H2,1H3,(H2,25,29,31). The van der Waals surface area contributed by atoms with Crippen LogP contribution in [-0.2, 0) is 6.61 Å². The van der Waals surface area contributed by atoms with Crippen molar-refractivity contribution in [2.75, 3.05) is 25.5 Å². The molecule has 8 heteroatoms. The zero-order valence-electron chi connectivity index (χ0n) is 18.1. The Bertz CT molecular complexity index is 1070. The van der Waals surface area contributed by atoms with Crippen molar-refractivity contribution in [1.29, 1.82) is 5.41 Å². The third kappa shape index (κ3) is 5.15. The molecule has 1 fully saturated rings. The predicted molar refractivity (Wildman–Crippen MR) is 124 cm³/mol. The maximum atomic E-state index is 12.8. The molecular formula is C24H28N6O2. The number of rotatable bonds is 7. The maximum Gasteiger partial charge on any atom is 0.260 e. The second-order valence-electron chi connectivity index (χ2n) is 7.75. The topological polar surface area (TPSA) is 104 Å². The van der Waals surface area contributed by atoms with Gasteiger partial charge in [-0.25, -0.2) is 0 Å². The summed E-state index contributed by atoms with van der Waals surface area (Å²) in [6.07, 6.45) is 5.29. The van der Waals surface area contributed by atoms with Gasteiger partial charge in [0.05, 0.1) is 17.8 Å². The highest BCUT2D eigenvalue weighted by atomic mass is 16.5. The number of nitrogens with zero attached hydrogens (tertiary/aromatic N) is 2. The Morgan fingerprint density at radius 2 is 2.00 bits per heavy atom. The molecule has 4 N–H and O–H groups in total. The summed E-state index contributed by atoms with van der Waals surface area (Å²) in [6.45, 7) is 2.33. The number of amides is 1. The van der Waals surface area contributed by atoms with E-state index in [1.54, 1.807) is 25.5 Å². The fourth-order valence-corrected chi connectivity index (χ4v) is 3.76. The molecule has 2 aromatic carbocycles. The molecular weight excluding hydrogens is 404 g/mol. The number of anilines is 1. The highest BCUT2D eigenvalue weighted by molar-refractivity contribution is 6.13. The van der Waals surface area contributed by atoms with E-state index in [1.807, 2.05) is 47.1 Å². The van der Waals surface area contributed by atoms with Crippen molar-refractivity contribution in [1.82, 2.24) is 20.4 Å². The third-order valence-corrected chi connectivity index (χ3v) is 5.56. The summed E-state index contributed by atoms with van der Waals surface area (Å²) in [5.74, 6) is 0.271. The SMILES string of the molecule is CNc1ccc(OCc2ccccc2)cc1C(=N)NC(=O)c1cnn(C2CCNCC2)c1. The van der Waals surface area contributed by atoms with Crippen molar-refractivity contribution < 1.29 is 9.53 Å². The molecule has 0 bridgehead atoms. The van der Waals surface area contributed by atoms with E-state index in [0.29, 0.717) is 29.5 Å². The van der Waals surface area contributed by atoms with Gasteiger partial charge in [-0.05, 0) is 49.7 Å². The quantitative estimate of drug-likeness (QED) is 0.339. The lowest BCUT2D eigenvalue weighted by atomic mass is 10.1. The van der Waals surface area contributed by atoms with Crippen LogP contribution in [0.2, 0.25) is 0 Å². The number of hydrogen-bond acceptors (Lipinski definition) is 6. The molecule has 0 atom stereocenters. The minimum absolute atomic E-state index is 0.000808. The second kappa shape index (κ2) is 10.1. The lowest BCUT2D eigenvalue weighted by Gasteiger charge is -2.22. The molecule has 0 aliphatic carbocycles. The molecule has 3 aromatic rings. The van der Waals surface area contributed by atoms with Gasteiger partial charge in [0.2, 0.25) is 0 Å². The highest BCUT2D eigenvalue weighted by Gasteiger charge is 2.19. The summed E-state index contributed by atoms with van der Waals surface area (Å²) in [5, 5.41) is 21.9. The lowest BCUT2D eigenvalue weighted by Crippen LogP contribution is -2.31. The maximum absolute atomic E-state index is 12.8. The van der Waals surface area contributed by atoms with E-state index in [-0.39, 0.29) is 11.7 Å². The Hall–Kier alpha value is -3.65. The van der Waals surface area contributed by atoms with Gasteiger partial charge in [-0.1, -0.05) is 30.3 Å². The Kier molecular flexibility index (Phi) is 6.81. The fraction of sp³-hybridized carbons (Fsp3) is 0.292. The molecule has 1 aliphatic rings. The van der Waals surface area contributed by atoms with Gasteiger partial charge in [0.15, 0.2) is 0 Å². The van der Waals surface area contributed by atoms with Gasteiger partial charge in [-0.3, -0.25) is 14.9 Å². The van der Waals surface area contributed by atoms with Gasteiger partial charge >= 0.3 is 0 Å². The minimum Gasteiger partial charge on any atom is -0.489 e. The number of amidine groups is 1. The smallest absolute Gasteiger partial charge is 0.260 e. The number of ether oxygens (including phenoxy) is 1. The van der Waals surface area contributed by atoms with E-state index in [1.165, 1.54) is 0 Å². The van der Waals surface area contributed by atoms with Gasteiger partial charge in [0, 0.05) is 24.5 Å². The average molecular weight is 433 g/mol. The molecule has 0 spiro atoms. The zero-order chi connectivity index (χ0) is 22.3. The van der Waals surface area contributed by atoms with Crippen molar-refractivity contribution in [3.63, 3.8) is 0 Å². The number of benzene rings is 2. The van der Waals surface area contributed by atoms with Gasteiger partial charge in [-0.2, -0.15) is 5.10 Å². The third-order valence-electron chi connectivity index (χ3n) is 5.56. The summed E-state index contributed by atoms with van der Waals surface area (Å²) < 4.78 is 7.74. The first-order chi connectivity index (χ1) is 15.6. The summed E-state index contributed by atoms with van der Waals surface area (Å²) in [5.41, 5.74) is 2.78. The normalized spacial score (nSPS) is 14.0. The van der Waals surface area contributed by atoms with Gasteiger partial charge in [0.25, 0.3) is 5.91 Å². The van der Waals surface area contributed by atoms with Crippen LogP contribution in [0.3, 0.4) is 0 Å². The Labute approximate surface area is 187 Å². The van der Waals surface area contributed by atoms with E-state index in [9.17, 15) is 4.79 Å².